The van der Waals surface area contributed by atoms with Crippen molar-refractivity contribution in [2.75, 3.05) is 27.4 Å². The summed E-state index contributed by atoms with van der Waals surface area (Å²) in [6.07, 6.45) is 4.49. The Balaban J connectivity index is 1.64. The predicted octanol–water partition coefficient (Wildman–Crippen LogP) is 4.37. The lowest BCUT2D eigenvalue weighted by Crippen LogP contribution is -2.32. The van der Waals surface area contributed by atoms with E-state index in [9.17, 15) is 14.7 Å². The van der Waals surface area contributed by atoms with E-state index in [0.717, 1.165) is 48.3 Å². The van der Waals surface area contributed by atoms with Crippen molar-refractivity contribution in [2.24, 2.45) is 0 Å². The number of hydrogen-bond acceptors (Lipinski definition) is 7. The summed E-state index contributed by atoms with van der Waals surface area (Å²) in [4.78, 5) is 24.0. The van der Waals surface area contributed by atoms with Gasteiger partial charge in [0.05, 0.1) is 25.9 Å². The van der Waals surface area contributed by atoms with Gasteiger partial charge in [0, 0.05) is 24.6 Å². The lowest BCUT2D eigenvalue weighted by atomic mass is 9.96. The zero-order chi connectivity index (χ0) is 26.1. The van der Waals surface area contributed by atoms with E-state index in [1.165, 1.54) is 14.2 Å². The van der Waals surface area contributed by atoms with E-state index in [4.69, 9.17) is 18.9 Å². The molecule has 36 heavy (non-hydrogen) atoms. The van der Waals surface area contributed by atoms with Crippen LogP contribution in [0, 0.1) is 0 Å². The summed E-state index contributed by atoms with van der Waals surface area (Å²) in [5.74, 6) is 1.34. The molecule has 8 nitrogen and oxygen atoms in total. The molecule has 0 fully saturated rings. The Morgan fingerprint density at radius 2 is 1.67 bits per heavy atom. The lowest BCUT2D eigenvalue weighted by molar-refractivity contribution is -0.149. The van der Waals surface area contributed by atoms with Gasteiger partial charge in [0.1, 0.15) is 23.0 Å². The third kappa shape index (κ3) is 6.22. The molecule has 0 aromatic heterocycles. The van der Waals surface area contributed by atoms with Crippen LogP contribution in [0.4, 0.5) is 0 Å². The molecule has 2 aromatic carbocycles. The minimum atomic E-state index is -0.592. The van der Waals surface area contributed by atoms with Crippen LogP contribution in [0.2, 0.25) is 0 Å². The summed E-state index contributed by atoms with van der Waals surface area (Å²) in [5, 5.41) is 13.1. The Hall–Kier alpha value is -3.42. The fourth-order valence-electron chi connectivity index (χ4n) is 4.39. The van der Waals surface area contributed by atoms with Crippen molar-refractivity contribution in [3.05, 3.63) is 46.5 Å². The first-order chi connectivity index (χ1) is 17.4. The highest BCUT2D eigenvalue weighted by atomic mass is 16.6. The van der Waals surface area contributed by atoms with Crippen LogP contribution in [0.3, 0.4) is 0 Å². The van der Waals surface area contributed by atoms with Crippen LogP contribution in [0.25, 0.3) is 0 Å². The van der Waals surface area contributed by atoms with E-state index < -0.39 is 6.10 Å². The van der Waals surface area contributed by atoms with E-state index in [1.807, 2.05) is 19.1 Å². The molecule has 1 unspecified atom stereocenters. The fraction of sp³-hybridized carbons (Fsp3) is 0.500. The number of carbonyl (C=O) groups is 2. The summed E-state index contributed by atoms with van der Waals surface area (Å²) in [6.45, 7) is 4.93. The molecule has 196 valence electrons. The topological polar surface area (TPSA) is 103 Å². The number of hydrogen-bond donors (Lipinski definition) is 2. The van der Waals surface area contributed by atoms with Crippen LogP contribution in [0.5, 0.6) is 23.0 Å². The maximum absolute atomic E-state index is 12.0. The molecule has 0 saturated heterocycles. The van der Waals surface area contributed by atoms with Crippen molar-refractivity contribution in [3.63, 3.8) is 0 Å². The Labute approximate surface area is 212 Å². The zero-order valence-corrected chi connectivity index (χ0v) is 21.6. The summed E-state index contributed by atoms with van der Waals surface area (Å²) in [7, 11) is 2.91. The predicted molar refractivity (Wildman–Crippen MR) is 136 cm³/mol. The molecule has 8 heteroatoms. The van der Waals surface area contributed by atoms with Gasteiger partial charge in [-0.3, -0.25) is 4.79 Å². The number of phenolic OH excluding ortho intramolecular Hbond substituents is 1. The standard InChI is InChI=1S/C28H37NO7/c1-5-8-19-22(15-12-21(25(19)30)27(31)29-3)34-16-7-17-35-23-13-10-18-11-14-24(28(32)33-4)36-26(18)20(23)9-6-2/h10,12-13,15,24,30H,5-9,11,14,16-17H2,1-4H3,(H,29,31). The molecule has 2 aromatic rings. The van der Waals surface area contributed by atoms with Crippen molar-refractivity contribution in [3.8, 4) is 23.0 Å². The molecule has 1 heterocycles. The van der Waals surface area contributed by atoms with E-state index >= 15 is 0 Å². The molecule has 2 N–H and O–H groups in total. The molecule has 3 rings (SSSR count). The first-order valence-electron chi connectivity index (χ1n) is 12.7. The summed E-state index contributed by atoms with van der Waals surface area (Å²) >= 11 is 0. The molecule has 0 radical (unpaired) electrons. The largest absolute Gasteiger partial charge is 0.507 e. The number of nitrogens with one attached hydrogen (secondary N) is 1. The van der Waals surface area contributed by atoms with Gasteiger partial charge in [-0.2, -0.15) is 0 Å². The average Bonchev–Trinajstić information content (AvgIpc) is 2.90. The SMILES string of the molecule is CCCc1c(OCCCOc2ccc3c(c2CCC)OC(C(=O)OC)CC3)ccc(C(=O)NC)c1O. The minimum absolute atomic E-state index is 0.0338. The van der Waals surface area contributed by atoms with Crippen molar-refractivity contribution in [2.45, 2.75) is 64.9 Å². The number of phenols is 1. The Bertz CT molecular complexity index is 1070. The molecular formula is C28H37NO7. The van der Waals surface area contributed by atoms with Gasteiger partial charge < -0.3 is 29.4 Å². The third-order valence-corrected chi connectivity index (χ3v) is 6.21. The molecule has 1 aliphatic heterocycles. The number of carbonyl (C=O) groups excluding carboxylic acids is 2. The molecule has 1 amide bonds. The normalized spacial score (nSPS) is 14.4. The molecule has 1 atom stereocenters. The molecular weight excluding hydrogens is 462 g/mol. The van der Waals surface area contributed by atoms with E-state index in [0.29, 0.717) is 43.8 Å². The summed E-state index contributed by atoms with van der Waals surface area (Å²) < 4.78 is 23.0. The zero-order valence-electron chi connectivity index (χ0n) is 21.6. The van der Waals surface area contributed by atoms with Crippen LogP contribution in [0.15, 0.2) is 24.3 Å². The fourth-order valence-corrected chi connectivity index (χ4v) is 4.39. The molecule has 1 aliphatic rings. The quantitative estimate of drug-likeness (QED) is 0.330. The second-order valence-electron chi connectivity index (χ2n) is 8.77. The minimum Gasteiger partial charge on any atom is -0.507 e. The van der Waals surface area contributed by atoms with Gasteiger partial charge in [-0.15, -0.1) is 0 Å². The van der Waals surface area contributed by atoms with Crippen LogP contribution in [0.1, 0.15) is 66.6 Å². The summed E-state index contributed by atoms with van der Waals surface area (Å²) in [5.41, 5.74) is 2.93. The summed E-state index contributed by atoms with van der Waals surface area (Å²) in [6, 6.07) is 7.28. The van der Waals surface area contributed by atoms with Crippen LogP contribution in [-0.4, -0.2) is 50.5 Å². The number of aryl methyl sites for hydroxylation is 1. The number of aromatic hydroxyl groups is 1. The number of amides is 1. The molecule has 0 spiro atoms. The molecule has 0 saturated carbocycles. The lowest BCUT2D eigenvalue weighted by Gasteiger charge is -2.27. The number of benzene rings is 2. The van der Waals surface area contributed by atoms with Gasteiger partial charge in [0.25, 0.3) is 5.91 Å². The maximum atomic E-state index is 12.0. The van der Waals surface area contributed by atoms with Gasteiger partial charge in [-0.25, -0.2) is 4.79 Å². The highest BCUT2D eigenvalue weighted by Crippen LogP contribution is 2.38. The van der Waals surface area contributed by atoms with Crippen LogP contribution in [-0.2, 0) is 28.8 Å². The van der Waals surface area contributed by atoms with Gasteiger partial charge >= 0.3 is 5.97 Å². The van der Waals surface area contributed by atoms with Crippen LogP contribution < -0.4 is 19.5 Å². The second kappa shape index (κ2) is 13.0. The van der Waals surface area contributed by atoms with Crippen LogP contribution >= 0.6 is 0 Å². The molecule has 0 aliphatic carbocycles. The Morgan fingerprint density at radius 3 is 2.31 bits per heavy atom. The first kappa shape index (κ1) is 27.2. The van der Waals surface area contributed by atoms with E-state index in [1.54, 1.807) is 12.1 Å². The highest BCUT2D eigenvalue weighted by molar-refractivity contribution is 5.97. The van der Waals surface area contributed by atoms with Crippen molar-refractivity contribution in [1.82, 2.24) is 5.32 Å². The average molecular weight is 500 g/mol. The van der Waals surface area contributed by atoms with Gasteiger partial charge in [0.15, 0.2) is 6.10 Å². The van der Waals surface area contributed by atoms with Crippen molar-refractivity contribution >= 4 is 11.9 Å². The first-order valence-corrected chi connectivity index (χ1v) is 12.7. The third-order valence-electron chi connectivity index (χ3n) is 6.21. The van der Waals surface area contributed by atoms with Gasteiger partial charge in [0.2, 0.25) is 0 Å². The monoisotopic (exact) mass is 499 g/mol. The van der Waals surface area contributed by atoms with E-state index in [-0.39, 0.29) is 23.2 Å². The number of ether oxygens (including phenoxy) is 4. The highest BCUT2D eigenvalue weighted by Gasteiger charge is 2.29. The smallest absolute Gasteiger partial charge is 0.347 e. The van der Waals surface area contributed by atoms with Crippen molar-refractivity contribution in [1.29, 1.82) is 0 Å². The van der Waals surface area contributed by atoms with Crippen molar-refractivity contribution < 1.29 is 33.6 Å². The second-order valence-corrected chi connectivity index (χ2v) is 8.77. The Morgan fingerprint density at radius 1 is 1.03 bits per heavy atom. The maximum Gasteiger partial charge on any atom is 0.347 e. The van der Waals surface area contributed by atoms with Gasteiger partial charge in [-0.05, 0) is 49.4 Å². The number of esters is 1. The Kier molecular flexibility index (Phi) is 9.85. The van der Waals surface area contributed by atoms with Gasteiger partial charge in [-0.1, -0.05) is 32.8 Å². The number of fused-ring (bicyclic) bond motifs is 1. The number of methoxy groups -OCH3 is 1. The molecule has 0 bridgehead atoms. The van der Waals surface area contributed by atoms with E-state index in [2.05, 4.69) is 12.2 Å². The number of rotatable bonds is 12.